The van der Waals surface area contributed by atoms with Crippen LogP contribution in [0.5, 0.6) is 0 Å². The zero-order valence-corrected chi connectivity index (χ0v) is 12.5. The minimum Gasteiger partial charge on any atom is -0.328 e. The molecule has 0 radical (unpaired) electrons. The van der Waals surface area contributed by atoms with Gasteiger partial charge in [-0.15, -0.1) is 0 Å². The van der Waals surface area contributed by atoms with Crippen LogP contribution in [0.2, 0.25) is 0 Å². The third kappa shape index (κ3) is 3.62. The van der Waals surface area contributed by atoms with Crippen LogP contribution >= 0.6 is 0 Å². The smallest absolute Gasteiger partial charge is 0.320 e. The SMILES string of the molecule is CCN(C(=O)N1CCCC(C)C1)C1CCC(N)CC1. The molecule has 1 aliphatic heterocycles. The molecule has 110 valence electrons. The Bertz CT molecular complexity index is 300. The predicted molar refractivity (Wildman–Crippen MR) is 78.0 cm³/mol. The summed E-state index contributed by atoms with van der Waals surface area (Å²) in [6, 6.07) is 1.02. The molecule has 2 amide bonds. The topological polar surface area (TPSA) is 49.6 Å². The summed E-state index contributed by atoms with van der Waals surface area (Å²) < 4.78 is 0. The van der Waals surface area contributed by atoms with Gasteiger partial charge >= 0.3 is 6.03 Å². The zero-order valence-electron chi connectivity index (χ0n) is 12.5. The van der Waals surface area contributed by atoms with Gasteiger partial charge in [0.15, 0.2) is 0 Å². The number of carbonyl (C=O) groups is 1. The second kappa shape index (κ2) is 6.60. The van der Waals surface area contributed by atoms with Gasteiger partial charge in [-0.3, -0.25) is 0 Å². The molecule has 1 unspecified atom stereocenters. The van der Waals surface area contributed by atoms with E-state index >= 15 is 0 Å². The third-order valence-corrected chi connectivity index (χ3v) is 4.70. The van der Waals surface area contributed by atoms with E-state index in [0.717, 1.165) is 51.7 Å². The molecule has 1 saturated carbocycles. The van der Waals surface area contributed by atoms with Gasteiger partial charge in [0.1, 0.15) is 0 Å². The average Bonchev–Trinajstić information content (AvgIpc) is 2.41. The van der Waals surface area contributed by atoms with Gasteiger partial charge in [0.25, 0.3) is 0 Å². The normalized spacial score (nSPS) is 32.2. The Kier molecular flexibility index (Phi) is 5.08. The van der Waals surface area contributed by atoms with E-state index in [1.807, 2.05) is 0 Å². The summed E-state index contributed by atoms with van der Waals surface area (Å²) in [5.41, 5.74) is 5.96. The molecule has 2 N–H and O–H groups in total. The number of hydrogen-bond donors (Lipinski definition) is 1. The van der Waals surface area contributed by atoms with Crippen molar-refractivity contribution in [1.29, 1.82) is 0 Å². The Labute approximate surface area is 117 Å². The maximum absolute atomic E-state index is 12.7. The minimum absolute atomic E-state index is 0.259. The van der Waals surface area contributed by atoms with E-state index in [1.165, 1.54) is 6.42 Å². The summed E-state index contributed by atoms with van der Waals surface area (Å²) in [5, 5.41) is 0. The van der Waals surface area contributed by atoms with Crippen molar-refractivity contribution in [2.75, 3.05) is 19.6 Å². The molecule has 1 aliphatic carbocycles. The summed E-state index contributed by atoms with van der Waals surface area (Å²) in [4.78, 5) is 16.8. The first-order chi connectivity index (χ1) is 9.11. The van der Waals surface area contributed by atoms with Crippen LogP contribution in [0.25, 0.3) is 0 Å². The maximum Gasteiger partial charge on any atom is 0.320 e. The minimum atomic E-state index is 0.259. The van der Waals surface area contributed by atoms with Gasteiger partial charge in [-0.1, -0.05) is 6.92 Å². The van der Waals surface area contributed by atoms with Gasteiger partial charge in [-0.05, 0) is 51.4 Å². The van der Waals surface area contributed by atoms with Crippen LogP contribution < -0.4 is 5.73 Å². The third-order valence-electron chi connectivity index (χ3n) is 4.70. The van der Waals surface area contributed by atoms with Crippen molar-refractivity contribution in [3.63, 3.8) is 0 Å². The van der Waals surface area contributed by atoms with Crippen LogP contribution in [0, 0.1) is 5.92 Å². The number of hydrogen-bond acceptors (Lipinski definition) is 2. The fourth-order valence-electron chi connectivity index (χ4n) is 3.51. The lowest BCUT2D eigenvalue weighted by Crippen LogP contribution is -2.52. The molecule has 4 nitrogen and oxygen atoms in total. The zero-order chi connectivity index (χ0) is 13.8. The standard InChI is InChI=1S/C15H29N3O/c1-3-18(14-8-6-13(16)7-9-14)15(19)17-10-4-5-12(2)11-17/h12-14H,3-11,16H2,1-2H3. The molecule has 0 spiro atoms. The van der Waals surface area contributed by atoms with Crippen molar-refractivity contribution in [3.05, 3.63) is 0 Å². The maximum atomic E-state index is 12.7. The highest BCUT2D eigenvalue weighted by Crippen LogP contribution is 2.24. The fraction of sp³-hybridized carbons (Fsp3) is 0.933. The summed E-state index contributed by atoms with van der Waals surface area (Å²) >= 11 is 0. The summed E-state index contributed by atoms with van der Waals surface area (Å²) in [7, 11) is 0. The van der Waals surface area contributed by atoms with Gasteiger partial charge < -0.3 is 15.5 Å². The fourth-order valence-corrected chi connectivity index (χ4v) is 3.51. The molecule has 2 fully saturated rings. The Morgan fingerprint density at radius 3 is 2.53 bits per heavy atom. The van der Waals surface area contributed by atoms with Crippen molar-refractivity contribution in [3.8, 4) is 0 Å². The number of nitrogens with zero attached hydrogens (tertiary/aromatic N) is 2. The highest BCUT2D eigenvalue weighted by Gasteiger charge is 2.30. The molecule has 1 heterocycles. The first-order valence-electron chi connectivity index (χ1n) is 7.93. The van der Waals surface area contributed by atoms with Gasteiger partial charge in [-0.25, -0.2) is 4.79 Å². The van der Waals surface area contributed by atoms with Crippen LogP contribution in [-0.4, -0.2) is 47.5 Å². The Morgan fingerprint density at radius 1 is 1.26 bits per heavy atom. The van der Waals surface area contributed by atoms with Gasteiger partial charge in [0.05, 0.1) is 0 Å². The van der Waals surface area contributed by atoms with E-state index in [4.69, 9.17) is 5.73 Å². The average molecular weight is 267 g/mol. The number of piperidine rings is 1. The van der Waals surface area contributed by atoms with E-state index in [1.54, 1.807) is 0 Å². The molecule has 4 heteroatoms. The van der Waals surface area contributed by atoms with Gasteiger partial charge in [0.2, 0.25) is 0 Å². The number of carbonyl (C=O) groups excluding carboxylic acids is 1. The number of amides is 2. The second-order valence-electron chi connectivity index (χ2n) is 6.33. The van der Waals surface area contributed by atoms with Crippen molar-refractivity contribution < 1.29 is 4.79 Å². The summed E-state index contributed by atoms with van der Waals surface area (Å²) in [5.74, 6) is 0.649. The van der Waals surface area contributed by atoms with Crippen LogP contribution in [0.1, 0.15) is 52.4 Å². The van der Waals surface area contributed by atoms with E-state index in [9.17, 15) is 4.79 Å². The van der Waals surface area contributed by atoms with E-state index in [0.29, 0.717) is 18.0 Å². The molecule has 0 bridgehead atoms. The number of likely N-dealkylation sites (tertiary alicyclic amines) is 1. The first kappa shape index (κ1) is 14.6. The highest BCUT2D eigenvalue weighted by atomic mass is 16.2. The Morgan fingerprint density at radius 2 is 1.95 bits per heavy atom. The molecule has 1 saturated heterocycles. The summed E-state index contributed by atoms with van der Waals surface area (Å²) in [6.07, 6.45) is 6.68. The van der Waals surface area contributed by atoms with E-state index in [2.05, 4.69) is 23.6 Å². The molecule has 0 aromatic rings. The molecule has 0 aromatic carbocycles. The molecule has 0 aromatic heterocycles. The summed E-state index contributed by atoms with van der Waals surface area (Å²) in [6.45, 7) is 7.03. The van der Waals surface area contributed by atoms with Crippen molar-refractivity contribution in [2.24, 2.45) is 11.7 Å². The Balaban J connectivity index is 1.94. The van der Waals surface area contributed by atoms with E-state index in [-0.39, 0.29) is 6.03 Å². The van der Waals surface area contributed by atoms with Crippen LogP contribution in [0.4, 0.5) is 4.79 Å². The molecule has 1 atom stereocenters. The van der Waals surface area contributed by atoms with E-state index < -0.39 is 0 Å². The number of urea groups is 1. The first-order valence-corrected chi connectivity index (χ1v) is 7.93. The molecule has 2 aliphatic rings. The number of nitrogens with two attached hydrogens (primary N) is 1. The van der Waals surface area contributed by atoms with Crippen LogP contribution in [0.15, 0.2) is 0 Å². The Hall–Kier alpha value is -0.770. The molecule has 19 heavy (non-hydrogen) atoms. The van der Waals surface area contributed by atoms with Crippen molar-refractivity contribution >= 4 is 6.03 Å². The van der Waals surface area contributed by atoms with Crippen LogP contribution in [-0.2, 0) is 0 Å². The van der Waals surface area contributed by atoms with Crippen LogP contribution in [0.3, 0.4) is 0 Å². The largest absolute Gasteiger partial charge is 0.328 e. The molecular formula is C15H29N3O. The van der Waals surface area contributed by atoms with Crippen molar-refractivity contribution in [1.82, 2.24) is 9.80 Å². The lowest BCUT2D eigenvalue weighted by atomic mass is 9.91. The second-order valence-corrected chi connectivity index (χ2v) is 6.33. The lowest BCUT2D eigenvalue weighted by molar-refractivity contribution is 0.105. The quantitative estimate of drug-likeness (QED) is 0.835. The van der Waals surface area contributed by atoms with Crippen molar-refractivity contribution in [2.45, 2.75) is 64.5 Å². The lowest BCUT2D eigenvalue weighted by Gasteiger charge is -2.40. The highest BCUT2D eigenvalue weighted by molar-refractivity contribution is 5.75. The molecular weight excluding hydrogens is 238 g/mol. The van der Waals surface area contributed by atoms with Gasteiger partial charge in [0, 0.05) is 31.7 Å². The molecule has 2 rings (SSSR count). The number of rotatable bonds is 2. The monoisotopic (exact) mass is 267 g/mol. The van der Waals surface area contributed by atoms with Gasteiger partial charge in [-0.2, -0.15) is 0 Å². The predicted octanol–water partition coefficient (Wildman–Crippen LogP) is 2.43.